The fraction of sp³-hybridized carbons (Fsp3) is 0.682. The first-order chi connectivity index (χ1) is 14.2. The molecule has 0 aliphatic carbocycles. The Morgan fingerprint density at radius 2 is 1.90 bits per heavy atom. The first kappa shape index (κ1) is 21.1. The largest absolute Gasteiger partial charge is 0.461 e. The number of aliphatic hydroxyl groups is 1. The van der Waals surface area contributed by atoms with Gasteiger partial charge >= 0.3 is 5.97 Å². The molecule has 0 aromatic heterocycles. The average molecular weight is 418 g/mol. The van der Waals surface area contributed by atoms with Gasteiger partial charge < -0.3 is 24.4 Å². The molecule has 4 aliphatic heterocycles. The van der Waals surface area contributed by atoms with E-state index in [2.05, 4.69) is 0 Å². The van der Waals surface area contributed by atoms with E-state index >= 15 is 0 Å². The molecular formula is C22H30N2O6. The van der Waals surface area contributed by atoms with E-state index in [-0.39, 0.29) is 37.0 Å². The normalized spacial score (nSPS) is 36.6. The molecule has 1 spiro atoms. The Labute approximate surface area is 176 Å². The molecular weight excluding hydrogens is 388 g/mol. The number of likely N-dealkylation sites (tertiary alicyclic amines) is 1. The molecule has 8 nitrogen and oxygen atoms in total. The molecule has 0 saturated carbocycles. The van der Waals surface area contributed by atoms with Crippen molar-refractivity contribution in [1.82, 2.24) is 9.80 Å². The van der Waals surface area contributed by atoms with Crippen molar-refractivity contribution in [3.63, 3.8) is 0 Å². The molecule has 164 valence electrons. The van der Waals surface area contributed by atoms with Crippen LogP contribution in [0, 0.1) is 17.8 Å². The molecule has 4 heterocycles. The van der Waals surface area contributed by atoms with Gasteiger partial charge in [-0.2, -0.15) is 0 Å². The van der Waals surface area contributed by atoms with Crippen molar-refractivity contribution in [3.8, 4) is 0 Å². The number of esters is 1. The summed E-state index contributed by atoms with van der Waals surface area (Å²) < 4.78 is 11.7. The third-order valence-corrected chi connectivity index (χ3v) is 6.82. The summed E-state index contributed by atoms with van der Waals surface area (Å²) >= 11 is 0. The van der Waals surface area contributed by atoms with E-state index in [1.54, 1.807) is 23.1 Å². The van der Waals surface area contributed by atoms with Crippen molar-refractivity contribution in [2.24, 2.45) is 17.8 Å². The molecule has 0 aromatic carbocycles. The van der Waals surface area contributed by atoms with Crippen LogP contribution < -0.4 is 0 Å². The van der Waals surface area contributed by atoms with Crippen LogP contribution in [0.5, 0.6) is 0 Å². The van der Waals surface area contributed by atoms with E-state index in [1.165, 1.54) is 4.90 Å². The predicted molar refractivity (Wildman–Crippen MR) is 107 cm³/mol. The molecule has 2 amide bonds. The third kappa shape index (κ3) is 2.84. The van der Waals surface area contributed by atoms with Crippen molar-refractivity contribution >= 4 is 17.8 Å². The summed E-state index contributed by atoms with van der Waals surface area (Å²) in [5, 5.41) is 10.1. The van der Waals surface area contributed by atoms with Crippen molar-refractivity contribution in [1.29, 1.82) is 0 Å². The number of ether oxygens (including phenoxy) is 2. The Bertz CT molecular complexity index is 805. The van der Waals surface area contributed by atoms with Crippen molar-refractivity contribution in [2.75, 3.05) is 19.8 Å². The van der Waals surface area contributed by atoms with Gasteiger partial charge in [-0.1, -0.05) is 32.1 Å². The standard InChI is InChI=1S/C22H30N2O6/c1-12(2)14(11-25)24-18-20(27)23(13(3)4)9-6-8-22(18)17(19(24)26)16-15(30-22)7-5-10-29-21(16)28/h5-8,12-18,25H,9-11H2,1-4H3/t14?,15-,16+,17+,18-,22?/m1/s1. The first-order valence-corrected chi connectivity index (χ1v) is 10.7. The number of nitrogens with zero attached hydrogens (tertiary/aromatic N) is 2. The van der Waals surface area contributed by atoms with E-state index in [4.69, 9.17) is 9.47 Å². The average Bonchev–Trinajstić information content (AvgIpc) is 2.97. The van der Waals surface area contributed by atoms with E-state index < -0.39 is 41.6 Å². The highest BCUT2D eigenvalue weighted by molar-refractivity contribution is 5.99. The van der Waals surface area contributed by atoms with E-state index in [9.17, 15) is 19.5 Å². The number of carbonyl (C=O) groups excluding carboxylic acids is 3. The Hall–Kier alpha value is -2.19. The third-order valence-electron chi connectivity index (χ3n) is 6.82. The predicted octanol–water partition coefficient (Wildman–Crippen LogP) is 0.504. The van der Waals surface area contributed by atoms with Gasteiger partial charge in [0.1, 0.15) is 24.2 Å². The van der Waals surface area contributed by atoms with Gasteiger partial charge in [-0.15, -0.1) is 0 Å². The first-order valence-electron chi connectivity index (χ1n) is 10.7. The van der Waals surface area contributed by atoms with E-state index in [0.717, 1.165) is 0 Å². The maximum absolute atomic E-state index is 13.8. The van der Waals surface area contributed by atoms with E-state index in [0.29, 0.717) is 6.54 Å². The minimum Gasteiger partial charge on any atom is -0.461 e. The highest BCUT2D eigenvalue weighted by Crippen LogP contribution is 2.54. The number of cyclic esters (lactones) is 1. The Morgan fingerprint density at radius 3 is 2.53 bits per heavy atom. The molecule has 2 fully saturated rings. The maximum Gasteiger partial charge on any atom is 0.313 e. The summed E-state index contributed by atoms with van der Waals surface area (Å²) in [6, 6.07) is -1.57. The number of fused-ring (bicyclic) bond motifs is 2. The van der Waals surface area contributed by atoms with Crippen LogP contribution >= 0.6 is 0 Å². The quantitative estimate of drug-likeness (QED) is 0.528. The molecule has 6 atom stereocenters. The van der Waals surface area contributed by atoms with Crippen molar-refractivity contribution < 1.29 is 29.0 Å². The molecule has 2 unspecified atom stereocenters. The molecule has 30 heavy (non-hydrogen) atoms. The van der Waals surface area contributed by atoms with Gasteiger partial charge in [-0.05, 0) is 25.8 Å². The second-order valence-corrected chi connectivity index (χ2v) is 9.13. The smallest absolute Gasteiger partial charge is 0.313 e. The van der Waals surface area contributed by atoms with Crippen LogP contribution in [-0.4, -0.2) is 82.3 Å². The topological polar surface area (TPSA) is 96.4 Å². The number of hydrogen-bond donors (Lipinski definition) is 1. The van der Waals surface area contributed by atoms with Crippen LogP contribution in [0.3, 0.4) is 0 Å². The van der Waals surface area contributed by atoms with Crippen LogP contribution in [0.4, 0.5) is 0 Å². The van der Waals surface area contributed by atoms with Gasteiger partial charge in [0.2, 0.25) is 11.8 Å². The lowest BCUT2D eigenvalue weighted by Gasteiger charge is -2.40. The molecule has 0 aromatic rings. The second-order valence-electron chi connectivity index (χ2n) is 9.13. The van der Waals surface area contributed by atoms with Gasteiger partial charge in [0.15, 0.2) is 0 Å². The molecule has 0 radical (unpaired) electrons. The van der Waals surface area contributed by atoms with Gasteiger partial charge in [-0.25, -0.2) is 0 Å². The minimum absolute atomic E-state index is 0.0725. The van der Waals surface area contributed by atoms with Crippen LogP contribution in [0.2, 0.25) is 0 Å². The summed E-state index contributed by atoms with van der Waals surface area (Å²) in [7, 11) is 0. The second kappa shape index (κ2) is 7.50. The number of rotatable bonds is 4. The summed E-state index contributed by atoms with van der Waals surface area (Å²) in [4.78, 5) is 43.5. The zero-order valence-corrected chi connectivity index (χ0v) is 17.9. The molecule has 0 bridgehead atoms. The van der Waals surface area contributed by atoms with Crippen LogP contribution in [-0.2, 0) is 23.9 Å². The fourth-order valence-corrected chi connectivity index (χ4v) is 5.37. The number of carbonyl (C=O) groups is 3. The lowest BCUT2D eigenvalue weighted by molar-refractivity contribution is -0.156. The number of aliphatic hydroxyl groups excluding tert-OH is 1. The maximum atomic E-state index is 13.8. The highest BCUT2D eigenvalue weighted by Gasteiger charge is 2.72. The van der Waals surface area contributed by atoms with Gasteiger partial charge in [0, 0.05) is 12.6 Å². The Kier molecular flexibility index (Phi) is 5.26. The molecule has 4 rings (SSSR count). The van der Waals surface area contributed by atoms with Crippen LogP contribution in [0.1, 0.15) is 27.7 Å². The van der Waals surface area contributed by atoms with Gasteiger partial charge in [0.25, 0.3) is 0 Å². The molecule has 4 aliphatic rings. The fourth-order valence-electron chi connectivity index (χ4n) is 5.37. The summed E-state index contributed by atoms with van der Waals surface area (Å²) in [5.74, 6) is -2.83. The Morgan fingerprint density at radius 1 is 1.17 bits per heavy atom. The number of amides is 2. The summed E-state index contributed by atoms with van der Waals surface area (Å²) in [6.45, 7) is 7.91. The lowest BCUT2D eigenvalue weighted by atomic mass is 9.78. The Balaban J connectivity index is 1.89. The van der Waals surface area contributed by atoms with Gasteiger partial charge in [0.05, 0.1) is 24.7 Å². The zero-order valence-electron chi connectivity index (χ0n) is 17.9. The SMILES string of the molecule is CC(C)C(CO)N1C(=O)[C@@H]2[C@H]3C(=O)OCC=C[C@H]3OC23C=CCN(C(C)C)C(=O)[C@@H]13. The summed E-state index contributed by atoms with van der Waals surface area (Å²) in [6.07, 6.45) is 6.49. The summed E-state index contributed by atoms with van der Waals surface area (Å²) in [5.41, 5.74) is -1.27. The van der Waals surface area contributed by atoms with Crippen molar-refractivity contribution in [2.45, 2.75) is 57.5 Å². The van der Waals surface area contributed by atoms with Crippen LogP contribution in [0.25, 0.3) is 0 Å². The minimum atomic E-state index is -1.27. The van der Waals surface area contributed by atoms with Gasteiger partial charge in [-0.3, -0.25) is 14.4 Å². The molecule has 2 saturated heterocycles. The lowest BCUT2D eigenvalue weighted by Crippen LogP contribution is -2.59. The zero-order chi connectivity index (χ0) is 21.8. The monoisotopic (exact) mass is 418 g/mol. The highest BCUT2D eigenvalue weighted by atomic mass is 16.6. The molecule has 1 N–H and O–H groups in total. The van der Waals surface area contributed by atoms with Crippen LogP contribution in [0.15, 0.2) is 24.3 Å². The van der Waals surface area contributed by atoms with E-state index in [1.807, 2.05) is 33.8 Å². The number of hydrogen-bond acceptors (Lipinski definition) is 6. The van der Waals surface area contributed by atoms with Crippen molar-refractivity contribution in [3.05, 3.63) is 24.3 Å². The molecule has 8 heteroatoms.